The highest BCUT2D eigenvalue weighted by molar-refractivity contribution is 6.49. The minimum atomic E-state index is -1.41. The molecule has 0 fully saturated rings. The van der Waals surface area contributed by atoms with Gasteiger partial charge in [0.15, 0.2) is 0 Å². The van der Waals surface area contributed by atoms with E-state index in [1.54, 1.807) is 0 Å². The van der Waals surface area contributed by atoms with Crippen molar-refractivity contribution in [1.29, 1.82) is 0 Å². The Kier molecular flexibility index (Phi) is 3.25. The average molecular weight is 172 g/mol. The van der Waals surface area contributed by atoms with Crippen LogP contribution in [0.5, 0.6) is 0 Å². The number of primary amides is 1. The Balaban J connectivity index is 3.71. The Morgan fingerprint density at radius 2 is 2.11 bits per heavy atom. The molecule has 0 saturated heterocycles. The lowest BCUT2D eigenvalue weighted by Crippen LogP contribution is -2.26. The fourth-order valence-corrected chi connectivity index (χ4v) is 0.574. The van der Waals surface area contributed by atoms with Gasteiger partial charge in [0.1, 0.15) is 4.33 Å². The second-order valence-corrected chi connectivity index (χ2v) is 3.30. The van der Waals surface area contributed by atoms with Crippen molar-refractivity contribution in [2.45, 2.75) is 10.8 Å². The van der Waals surface area contributed by atoms with Crippen molar-refractivity contribution >= 4 is 29.1 Å². The Hall–Kier alpha value is 0.01000. The summed E-state index contributed by atoms with van der Waals surface area (Å²) in [6.07, 6.45) is -0.230. The molecule has 0 radical (unpaired) electrons. The quantitative estimate of drug-likeness (QED) is 0.589. The number of halogens is 2. The third-order valence-electron chi connectivity index (χ3n) is 0.664. The predicted octanol–water partition coefficient (Wildman–Crippen LogP) is 0.0280. The van der Waals surface area contributed by atoms with Gasteiger partial charge in [-0.2, -0.15) is 0 Å². The highest BCUT2D eigenvalue weighted by Gasteiger charge is 2.24. The van der Waals surface area contributed by atoms with Crippen LogP contribution < -0.4 is 5.73 Å². The van der Waals surface area contributed by atoms with Gasteiger partial charge in [-0.1, -0.05) is 23.2 Å². The Bertz CT molecular complexity index is 115. The summed E-state index contributed by atoms with van der Waals surface area (Å²) >= 11 is 10.7. The van der Waals surface area contributed by atoms with Crippen LogP contribution in [0.1, 0.15) is 6.42 Å². The maximum atomic E-state index is 10.1. The molecule has 0 aromatic rings. The molecular formula is C4H7Cl2NO2. The molecule has 54 valence electrons. The lowest BCUT2D eigenvalue weighted by atomic mass is 10.3. The number of aliphatic hydroxyl groups excluding tert-OH is 1. The van der Waals surface area contributed by atoms with Crippen molar-refractivity contribution in [2.24, 2.45) is 5.73 Å². The number of rotatable bonds is 3. The maximum Gasteiger partial charge on any atom is 0.220 e. The molecule has 0 spiro atoms. The summed E-state index contributed by atoms with van der Waals surface area (Å²) in [5.41, 5.74) is 4.74. The van der Waals surface area contributed by atoms with Crippen molar-refractivity contribution < 1.29 is 9.90 Å². The molecule has 5 heteroatoms. The highest BCUT2D eigenvalue weighted by atomic mass is 35.5. The zero-order valence-corrected chi connectivity index (χ0v) is 6.11. The summed E-state index contributed by atoms with van der Waals surface area (Å²) in [6, 6.07) is 0. The van der Waals surface area contributed by atoms with Crippen molar-refractivity contribution in [1.82, 2.24) is 0 Å². The number of hydrogen-bond donors (Lipinski definition) is 2. The first-order chi connectivity index (χ1) is 3.98. The van der Waals surface area contributed by atoms with E-state index in [0.29, 0.717) is 0 Å². The topological polar surface area (TPSA) is 63.3 Å². The molecule has 0 rings (SSSR count). The molecule has 0 aromatic carbocycles. The molecular weight excluding hydrogens is 165 g/mol. The summed E-state index contributed by atoms with van der Waals surface area (Å²) in [4.78, 5) is 10.1. The van der Waals surface area contributed by atoms with E-state index in [0.717, 1.165) is 0 Å². The van der Waals surface area contributed by atoms with Crippen molar-refractivity contribution in [3.63, 3.8) is 0 Å². The molecule has 3 N–H and O–H groups in total. The Labute approximate surface area is 62.7 Å². The lowest BCUT2D eigenvalue weighted by Gasteiger charge is -2.12. The van der Waals surface area contributed by atoms with Crippen molar-refractivity contribution in [3.05, 3.63) is 0 Å². The van der Waals surface area contributed by atoms with Crippen LogP contribution in [0.4, 0.5) is 0 Å². The highest BCUT2D eigenvalue weighted by Crippen LogP contribution is 2.23. The van der Waals surface area contributed by atoms with Crippen molar-refractivity contribution in [3.8, 4) is 0 Å². The first kappa shape index (κ1) is 9.01. The Morgan fingerprint density at radius 1 is 1.67 bits per heavy atom. The van der Waals surface area contributed by atoms with E-state index in [1.165, 1.54) is 0 Å². The lowest BCUT2D eigenvalue weighted by molar-refractivity contribution is -0.118. The van der Waals surface area contributed by atoms with Gasteiger partial charge < -0.3 is 10.8 Å². The number of carbonyl (C=O) groups excluding carboxylic acids is 1. The molecule has 0 saturated carbocycles. The Morgan fingerprint density at radius 3 is 2.22 bits per heavy atom. The standard InChI is InChI=1S/C4H7Cl2NO2/c5-4(6,2-8)1-3(7)9/h8H,1-2H2,(H2,7,9). The maximum absolute atomic E-state index is 10.1. The summed E-state index contributed by atoms with van der Waals surface area (Å²) in [5.74, 6) is -0.631. The molecule has 0 aliphatic rings. The fourth-order valence-electron chi connectivity index (χ4n) is 0.311. The van der Waals surface area contributed by atoms with Gasteiger partial charge in [-0.25, -0.2) is 0 Å². The van der Waals surface area contributed by atoms with E-state index >= 15 is 0 Å². The van der Waals surface area contributed by atoms with Gasteiger partial charge in [0.2, 0.25) is 5.91 Å². The number of hydrogen-bond acceptors (Lipinski definition) is 2. The van der Waals surface area contributed by atoms with Crippen molar-refractivity contribution in [2.75, 3.05) is 6.61 Å². The van der Waals surface area contributed by atoms with Gasteiger partial charge >= 0.3 is 0 Å². The van der Waals surface area contributed by atoms with Gasteiger partial charge in [0, 0.05) is 0 Å². The van der Waals surface area contributed by atoms with Gasteiger partial charge in [-0.05, 0) is 0 Å². The van der Waals surface area contributed by atoms with Crippen LogP contribution in [0.3, 0.4) is 0 Å². The van der Waals surface area contributed by atoms with Crippen LogP contribution in [0.2, 0.25) is 0 Å². The number of nitrogens with two attached hydrogens (primary N) is 1. The van der Waals surface area contributed by atoms with Gasteiger partial charge in [0.25, 0.3) is 0 Å². The number of carbonyl (C=O) groups is 1. The summed E-state index contributed by atoms with van der Waals surface area (Å²) in [7, 11) is 0. The fraction of sp³-hybridized carbons (Fsp3) is 0.750. The third-order valence-corrected chi connectivity index (χ3v) is 1.17. The second-order valence-electron chi connectivity index (χ2n) is 1.66. The minimum Gasteiger partial charge on any atom is -0.393 e. The SMILES string of the molecule is NC(=O)CC(Cl)(Cl)CO. The molecule has 3 nitrogen and oxygen atoms in total. The van der Waals surface area contributed by atoms with E-state index < -0.39 is 16.8 Å². The van der Waals surface area contributed by atoms with Crippen LogP contribution >= 0.6 is 23.2 Å². The van der Waals surface area contributed by atoms with Gasteiger partial charge in [-0.3, -0.25) is 4.79 Å². The van der Waals surface area contributed by atoms with Crippen LogP contribution in [0.15, 0.2) is 0 Å². The van der Waals surface area contributed by atoms with Crippen LogP contribution in [0.25, 0.3) is 0 Å². The number of alkyl halides is 2. The summed E-state index contributed by atoms with van der Waals surface area (Å²) in [6.45, 7) is -0.473. The second kappa shape index (κ2) is 3.25. The van der Waals surface area contributed by atoms with Crippen LogP contribution in [0, 0.1) is 0 Å². The third kappa shape index (κ3) is 4.51. The summed E-state index contributed by atoms with van der Waals surface area (Å²) < 4.78 is -1.41. The zero-order chi connectivity index (χ0) is 7.49. The van der Waals surface area contributed by atoms with E-state index in [2.05, 4.69) is 0 Å². The van der Waals surface area contributed by atoms with Gasteiger partial charge in [-0.15, -0.1) is 0 Å². The molecule has 9 heavy (non-hydrogen) atoms. The first-order valence-electron chi connectivity index (χ1n) is 2.25. The molecule has 0 bridgehead atoms. The normalized spacial score (nSPS) is 11.4. The van der Waals surface area contributed by atoms with Crippen LogP contribution in [-0.2, 0) is 4.79 Å². The molecule has 0 unspecified atom stereocenters. The van der Waals surface area contributed by atoms with E-state index in [1.807, 2.05) is 0 Å². The van der Waals surface area contributed by atoms with E-state index in [9.17, 15) is 4.79 Å². The van der Waals surface area contributed by atoms with Gasteiger partial charge in [0.05, 0.1) is 13.0 Å². The van der Waals surface area contributed by atoms with E-state index in [-0.39, 0.29) is 6.42 Å². The minimum absolute atomic E-state index is 0.230. The molecule has 0 aromatic heterocycles. The molecule has 0 heterocycles. The van der Waals surface area contributed by atoms with Crippen LogP contribution in [-0.4, -0.2) is 22.0 Å². The monoisotopic (exact) mass is 171 g/mol. The van der Waals surface area contributed by atoms with E-state index in [4.69, 9.17) is 34.0 Å². The molecule has 0 aliphatic heterocycles. The first-order valence-corrected chi connectivity index (χ1v) is 3.00. The zero-order valence-electron chi connectivity index (χ0n) is 4.60. The number of aliphatic hydroxyl groups is 1. The average Bonchev–Trinajstić information content (AvgIpc) is 1.63. The smallest absolute Gasteiger partial charge is 0.220 e. The molecule has 1 amide bonds. The molecule has 0 aliphatic carbocycles. The summed E-state index contributed by atoms with van der Waals surface area (Å²) in [5, 5.41) is 8.37. The predicted molar refractivity (Wildman–Crippen MR) is 35.3 cm³/mol. The number of amides is 1. The largest absolute Gasteiger partial charge is 0.393 e. The molecule has 0 atom stereocenters.